The van der Waals surface area contributed by atoms with Gasteiger partial charge in [-0.05, 0) is 29.9 Å². The van der Waals surface area contributed by atoms with Crippen LogP contribution in [0, 0.1) is 3.95 Å². The lowest BCUT2D eigenvalue weighted by molar-refractivity contribution is -0.00945. The Kier molecular flexibility index (Phi) is 8.93. The highest BCUT2D eigenvalue weighted by Gasteiger charge is 2.05. The van der Waals surface area contributed by atoms with Gasteiger partial charge in [-0.15, -0.1) is 11.3 Å². The Hall–Kier alpha value is -2.26. The van der Waals surface area contributed by atoms with Crippen LogP contribution in [0.15, 0.2) is 48.0 Å². The molecular formula is C19H21NO5S2. The summed E-state index contributed by atoms with van der Waals surface area (Å²) < 4.78 is 23.0. The summed E-state index contributed by atoms with van der Waals surface area (Å²) in [5.41, 5.74) is 0.906. The summed E-state index contributed by atoms with van der Waals surface area (Å²) in [7, 11) is 3.19. The average Bonchev–Trinajstić information content (AvgIpc) is 3.11. The van der Waals surface area contributed by atoms with Crippen molar-refractivity contribution < 1.29 is 23.7 Å². The molecule has 2 rings (SSSR count). The summed E-state index contributed by atoms with van der Waals surface area (Å²) in [6.45, 7) is 1.09. The normalized spacial score (nSPS) is 11.3. The van der Waals surface area contributed by atoms with Crippen LogP contribution >= 0.6 is 23.6 Å². The first kappa shape index (κ1) is 21.0. The van der Waals surface area contributed by atoms with Crippen molar-refractivity contribution in [2.75, 3.05) is 34.2 Å². The molecule has 2 aromatic rings. The molecule has 0 atom stereocenters. The maximum Gasteiger partial charge on any atom is 0.256 e. The van der Waals surface area contributed by atoms with Crippen LogP contribution in [0.2, 0.25) is 0 Å². The van der Waals surface area contributed by atoms with Gasteiger partial charge < -0.3 is 18.9 Å². The predicted molar refractivity (Wildman–Crippen MR) is 108 cm³/mol. The van der Waals surface area contributed by atoms with E-state index >= 15 is 0 Å². The van der Waals surface area contributed by atoms with E-state index in [1.807, 2.05) is 18.2 Å². The fraction of sp³-hybridized carbons (Fsp3) is 0.263. The van der Waals surface area contributed by atoms with E-state index < -0.39 is 0 Å². The minimum absolute atomic E-state index is 0.116. The molecule has 1 aromatic heterocycles. The summed E-state index contributed by atoms with van der Waals surface area (Å²) in [6, 6.07) is 5.53. The third-order valence-corrected chi connectivity index (χ3v) is 4.51. The summed E-state index contributed by atoms with van der Waals surface area (Å²) in [5.74, 6) is 1.00. The van der Waals surface area contributed by atoms with Gasteiger partial charge in [-0.25, -0.2) is 0 Å². The van der Waals surface area contributed by atoms with Crippen molar-refractivity contribution in [1.29, 1.82) is 0 Å². The number of nitrogens with zero attached hydrogens (tertiary/aromatic N) is 1. The number of allylic oxidation sites excluding steroid dienone is 3. The molecule has 1 aromatic carbocycles. The maximum atomic E-state index is 12.0. The first-order chi connectivity index (χ1) is 13.2. The molecule has 0 radical (unpaired) electrons. The zero-order valence-electron chi connectivity index (χ0n) is 15.1. The van der Waals surface area contributed by atoms with Crippen LogP contribution in [-0.4, -0.2) is 44.7 Å². The van der Waals surface area contributed by atoms with Gasteiger partial charge in [-0.1, -0.05) is 24.3 Å². The SMILES string of the molecule is COCCOCOc1ccc(C=CC=CC(=O)n2ccsc2=S)cc1OC. The Labute approximate surface area is 167 Å². The number of carbonyl (C=O) groups is 1. The number of hydrogen-bond acceptors (Lipinski definition) is 7. The van der Waals surface area contributed by atoms with Gasteiger partial charge in [0.15, 0.2) is 22.2 Å². The van der Waals surface area contributed by atoms with Gasteiger partial charge in [0.2, 0.25) is 0 Å². The van der Waals surface area contributed by atoms with Gasteiger partial charge in [0.1, 0.15) is 0 Å². The second-order valence-electron chi connectivity index (χ2n) is 5.17. The number of rotatable bonds is 10. The Balaban J connectivity index is 1.93. The molecule has 0 spiro atoms. The second-order valence-corrected chi connectivity index (χ2v) is 6.71. The summed E-state index contributed by atoms with van der Waals surface area (Å²) >= 11 is 6.42. The summed E-state index contributed by atoms with van der Waals surface area (Å²) in [5, 5.41) is 1.78. The highest BCUT2D eigenvalue weighted by atomic mass is 32.1. The standard InChI is InChI=1S/C19H21NO5S2/c1-22-10-11-24-14-25-16-8-7-15(13-17(16)23-2)5-3-4-6-18(21)20-9-12-27-19(20)26/h3-9,12-13H,10-11,14H2,1-2H3. The average molecular weight is 408 g/mol. The van der Waals surface area contributed by atoms with Crippen molar-refractivity contribution in [2.45, 2.75) is 0 Å². The van der Waals surface area contributed by atoms with Gasteiger partial charge in [-0.2, -0.15) is 0 Å². The van der Waals surface area contributed by atoms with Crippen LogP contribution in [-0.2, 0) is 9.47 Å². The molecule has 27 heavy (non-hydrogen) atoms. The van der Waals surface area contributed by atoms with E-state index in [4.69, 9.17) is 31.2 Å². The molecule has 0 aliphatic carbocycles. The quantitative estimate of drug-likeness (QED) is 0.193. The van der Waals surface area contributed by atoms with E-state index in [0.29, 0.717) is 28.7 Å². The molecule has 0 N–H and O–H groups in total. The number of carbonyl (C=O) groups excluding carboxylic acids is 1. The number of ether oxygens (including phenoxy) is 4. The maximum absolute atomic E-state index is 12.0. The zero-order valence-corrected chi connectivity index (χ0v) is 16.8. The molecule has 0 saturated carbocycles. The Bertz CT molecular complexity index is 854. The molecule has 0 fully saturated rings. The van der Waals surface area contributed by atoms with E-state index in [1.54, 1.807) is 44.0 Å². The molecule has 0 aliphatic rings. The van der Waals surface area contributed by atoms with Crippen molar-refractivity contribution in [2.24, 2.45) is 0 Å². The summed E-state index contributed by atoms with van der Waals surface area (Å²) in [6.07, 6.45) is 8.43. The number of methoxy groups -OCH3 is 2. The minimum atomic E-state index is -0.180. The van der Waals surface area contributed by atoms with Crippen molar-refractivity contribution in [3.8, 4) is 11.5 Å². The van der Waals surface area contributed by atoms with Gasteiger partial charge in [0.25, 0.3) is 5.91 Å². The first-order valence-corrected chi connectivity index (χ1v) is 9.37. The topological polar surface area (TPSA) is 58.9 Å². The van der Waals surface area contributed by atoms with Crippen LogP contribution < -0.4 is 9.47 Å². The third-order valence-electron chi connectivity index (χ3n) is 3.37. The van der Waals surface area contributed by atoms with E-state index in [2.05, 4.69) is 0 Å². The zero-order chi connectivity index (χ0) is 19.5. The molecule has 144 valence electrons. The monoisotopic (exact) mass is 407 g/mol. The van der Waals surface area contributed by atoms with Crippen LogP contribution in [0.25, 0.3) is 6.08 Å². The van der Waals surface area contributed by atoms with Crippen LogP contribution in [0.5, 0.6) is 11.5 Å². The third kappa shape index (κ3) is 6.76. The highest BCUT2D eigenvalue weighted by molar-refractivity contribution is 7.73. The van der Waals surface area contributed by atoms with E-state index in [0.717, 1.165) is 5.56 Å². The molecule has 0 aliphatic heterocycles. The van der Waals surface area contributed by atoms with Crippen LogP contribution in [0.3, 0.4) is 0 Å². The minimum Gasteiger partial charge on any atom is -0.493 e. The van der Waals surface area contributed by atoms with E-state index in [-0.39, 0.29) is 12.7 Å². The van der Waals surface area contributed by atoms with Crippen molar-refractivity contribution in [3.05, 3.63) is 57.5 Å². The molecule has 1 heterocycles. The van der Waals surface area contributed by atoms with Gasteiger partial charge in [0, 0.05) is 24.8 Å². The highest BCUT2D eigenvalue weighted by Crippen LogP contribution is 2.28. The fourth-order valence-corrected chi connectivity index (χ4v) is 2.91. The lowest BCUT2D eigenvalue weighted by Gasteiger charge is -2.11. The number of aromatic nitrogens is 1. The summed E-state index contributed by atoms with van der Waals surface area (Å²) in [4.78, 5) is 12.0. The predicted octanol–water partition coefficient (Wildman–Crippen LogP) is 4.20. The fourth-order valence-electron chi connectivity index (χ4n) is 2.03. The number of hydrogen-bond donors (Lipinski definition) is 0. The Morgan fingerprint density at radius 1 is 1.22 bits per heavy atom. The Morgan fingerprint density at radius 2 is 2.07 bits per heavy atom. The lowest BCUT2D eigenvalue weighted by Crippen LogP contribution is -2.08. The number of benzene rings is 1. The van der Waals surface area contributed by atoms with Gasteiger partial charge in [-0.3, -0.25) is 9.36 Å². The molecule has 0 saturated heterocycles. The second kappa shape index (κ2) is 11.5. The molecule has 0 amide bonds. The van der Waals surface area contributed by atoms with E-state index in [1.165, 1.54) is 22.0 Å². The largest absolute Gasteiger partial charge is 0.493 e. The van der Waals surface area contributed by atoms with E-state index in [9.17, 15) is 4.79 Å². The molecule has 0 bridgehead atoms. The van der Waals surface area contributed by atoms with Gasteiger partial charge in [0.05, 0.1) is 20.3 Å². The van der Waals surface area contributed by atoms with Crippen molar-refractivity contribution >= 4 is 35.5 Å². The van der Waals surface area contributed by atoms with Gasteiger partial charge >= 0.3 is 0 Å². The van der Waals surface area contributed by atoms with Crippen LogP contribution in [0.1, 0.15) is 10.4 Å². The lowest BCUT2D eigenvalue weighted by atomic mass is 10.2. The molecule has 8 heteroatoms. The molecular weight excluding hydrogens is 386 g/mol. The molecule has 0 unspecified atom stereocenters. The Morgan fingerprint density at radius 3 is 2.78 bits per heavy atom. The molecule has 6 nitrogen and oxygen atoms in total. The first-order valence-electron chi connectivity index (χ1n) is 8.08. The smallest absolute Gasteiger partial charge is 0.256 e. The number of thiazole rings is 1. The van der Waals surface area contributed by atoms with Crippen molar-refractivity contribution in [3.63, 3.8) is 0 Å². The van der Waals surface area contributed by atoms with Crippen LogP contribution in [0.4, 0.5) is 0 Å². The van der Waals surface area contributed by atoms with Crippen molar-refractivity contribution in [1.82, 2.24) is 4.57 Å².